The Labute approximate surface area is 170 Å². The number of nitrogens with zero attached hydrogens (tertiary/aromatic N) is 1. The van der Waals surface area contributed by atoms with Gasteiger partial charge in [0.25, 0.3) is 0 Å². The molecule has 2 aromatic carbocycles. The fraction of sp³-hybridized carbons (Fsp3) is 0.286. The Morgan fingerprint density at radius 3 is 2.82 bits per heavy atom. The smallest absolute Gasteiger partial charge is 0.308 e. The fourth-order valence-electron chi connectivity index (χ4n) is 4.01. The maximum absolute atomic E-state index is 14.6. The summed E-state index contributed by atoms with van der Waals surface area (Å²) in [5.74, 6) is -1.61. The standard InChI is InChI=1S/C21H19ClFNO3S/c1-28(27)15-5-2-12(18(23)10-15)8-16-17-9-14(22)4-7-20(17)24-11-13(21(25)26)3-6-19(16)24/h2,4-5,7,9-10,13H,3,6,8,11H2,1H3,(H,25,26). The minimum atomic E-state index is -1.24. The zero-order chi connectivity index (χ0) is 20.0. The third kappa shape index (κ3) is 3.41. The summed E-state index contributed by atoms with van der Waals surface area (Å²) in [7, 11) is 0. The van der Waals surface area contributed by atoms with Gasteiger partial charge in [-0.3, -0.25) is 4.79 Å². The molecule has 0 spiro atoms. The molecule has 0 bridgehead atoms. The molecule has 0 saturated heterocycles. The van der Waals surface area contributed by atoms with Gasteiger partial charge in [0.1, 0.15) is 12.1 Å². The molecule has 1 aliphatic heterocycles. The Bertz CT molecular complexity index is 1080. The molecule has 1 aliphatic rings. The molecule has 28 heavy (non-hydrogen) atoms. The van der Waals surface area contributed by atoms with E-state index in [9.17, 15) is 18.8 Å². The predicted octanol–water partition coefficient (Wildman–Crippen LogP) is 4.41. The number of hydrogen-bond acceptors (Lipinski definition) is 2. The average molecular weight is 420 g/mol. The molecule has 2 atom stereocenters. The first-order valence-electron chi connectivity index (χ1n) is 8.99. The van der Waals surface area contributed by atoms with Crippen molar-refractivity contribution in [1.82, 2.24) is 4.57 Å². The van der Waals surface area contributed by atoms with Gasteiger partial charge in [-0.25, -0.2) is 4.39 Å². The van der Waals surface area contributed by atoms with Gasteiger partial charge < -0.3 is 14.2 Å². The van der Waals surface area contributed by atoms with Crippen LogP contribution in [0.15, 0.2) is 41.3 Å². The zero-order valence-corrected chi connectivity index (χ0v) is 16.8. The largest absolute Gasteiger partial charge is 0.612 e. The summed E-state index contributed by atoms with van der Waals surface area (Å²) >= 11 is 4.97. The summed E-state index contributed by atoms with van der Waals surface area (Å²) in [6.07, 6.45) is 3.08. The number of rotatable bonds is 4. The highest BCUT2D eigenvalue weighted by molar-refractivity contribution is 7.90. The molecule has 146 valence electrons. The topological polar surface area (TPSA) is 65.3 Å². The first-order valence-corrected chi connectivity index (χ1v) is 10.9. The third-order valence-electron chi connectivity index (χ3n) is 5.45. The number of aromatic nitrogens is 1. The van der Waals surface area contributed by atoms with Crippen molar-refractivity contribution in [3.05, 3.63) is 64.1 Å². The minimum Gasteiger partial charge on any atom is -0.612 e. The van der Waals surface area contributed by atoms with E-state index in [2.05, 4.69) is 0 Å². The predicted molar refractivity (Wildman–Crippen MR) is 108 cm³/mol. The first kappa shape index (κ1) is 19.3. The fourth-order valence-corrected chi connectivity index (χ4v) is 4.71. The molecular weight excluding hydrogens is 401 g/mol. The van der Waals surface area contributed by atoms with E-state index in [4.69, 9.17) is 11.6 Å². The van der Waals surface area contributed by atoms with E-state index >= 15 is 0 Å². The molecular formula is C21H19ClFNO3S. The van der Waals surface area contributed by atoms with E-state index in [1.54, 1.807) is 18.2 Å². The highest BCUT2D eigenvalue weighted by Crippen LogP contribution is 2.36. The molecule has 0 amide bonds. The minimum absolute atomic E-state index is 0.374. The number of carboxylic acids is 1. The molecule has 7 heteroatoms. The van der Waals surface area contributed by atoms with Crippen LogP contribution in [0.1, 0.15) is 23.2 Å². The van der Waals surface area contributed by atoms with Crippen molar-refractivity contribution in [3.63, 3.8) is 0 Å². The zero-order valence-electron chi connectivity index (χ0n) is 15.2. The second-order valence-corrected chi connectivity index (χ2v) is 8.97. The molecule has 4 rings (SSSR count). The molecule has 3 aromatic rings. The molecule has 0 aliphatic carbocycles. The van der Waals surface area contributed by atoms with E-state index in [0.29, 0.717) is 41.3 Å². The second-order valence-electron chi connectivity index (χ2n) is 7.16. The van der Waals surface area contributed by atoms with Crippen LogP contribution in [-0.2, 0) is 35.4 Å². The van der Waals surface area contributed by atoms with Crippen LogP contribution in [0.4, 0.5) is 4.39 Å². The first-order chi connectivity index (χ1) is 13.3. The maximum atomic E-state index is 14.6. The monoisotopic (exact) mass is 419 g/mol. The van der Waals surface area contributed by atoms with Gasteiger partial charge in [-0.2, -0.15) is 0 Å². The highest BCUT2D eigenvalue weighted by Gasteiger charge is 2.29. The van der Waals surface area contributed by atoms with E-state index in [1.807, 2.05) is 16.7 Å². The van der Waals surface area contributed by atoms with Crippen LogP contribution in [0.2, 0.25) is 5.02 Å². The van der Waals surface area contributed by atoms with E-state index in [0.717, 1.165) is 22.2 Å². The van der Waals surface area contributed by atoms with Crippen LogP contribution in [0.25, 0.3) is 10.9 Å². The van der Waals surface area contributed by atoms with Crippen LogP contribution in [-0.4, -0.2) is 26.5 Å². The van der Waals surface area contributed by atoms with Crippen LogP contribution in [0.5, 0.6) is 0 Å². The Morgan fingerprint density at radius 2 is 2.14 bits per heavy atom. The SMILES string of the molecule is C[S+]([O-])c1ccc(Cc2c3n(c4ccc(Cl)cc24)CC(C(=O)O)CC3)c(F)c1. The molecule has 1 N–H and O–H groups in total. The number of carbonyl (C=O) groups is 1. The van der Waals surface area contributed by atoms with Crippen molar-refractivity contribution < 1.29 is 18.8 Å². The lowest BCUT2D eigenvalue weighted by Gasteiger charge is -2.23. The van der Waals surface area contributed by atoms with Crippen molar-refractivity contribution in [2.45, 2.75) is 30.7 Å². The summed E-state index contributed by atoms with van der Waals surface area (Å²) in [4.78, 5) is 11.9. The molecule has 2 heterocycles. The van der Waals surface area contributed by atoms with Gasteiger partial charge in [0.15, 0.2) is 4.90 Å². The lowest BCUT2D eigenvalue weighted by Crippen LogP contribution is -2.26. The summed E-state index contributed by atoms with van der Waals surface area (Å²) in [5.41, 5.74) is 3.46. The van der Waals surface area contributed by atoms with Gasteiger partial charge in [0, 0.05) is 40.7 Å². The summed E-state index contributed by atoms with van der Waals surface area (Å²) in [6, 6.07) is 10.2. The summed E-state index contributed by atoms with van der Waals surface area (Å²) < 4.78 is 28.3. The van der Waals surface area contributed by atoms with Crippen molar-refractivity contribution in [2.75, 3.05) is 6.26 Å². The molecule has 0 saturated carbocycles. The van der Waals surface area contributed by atoms with Crippen LogP contribution in [0.3, 0.4) is 0 Å². The number of fused-ring (bicyclic) bond motifs is 3. The number of carboxylic acid groups (broad SMARTS) is 1. The normalized spacial score (nSPS) is 17.5. The van der Waals surface area contributed by atoms with Crippen LogP contribution >= 0.6 is 11.6 Å². The molecule has 2 unspecified atom stereocenters. The molecule has 1 aromatic heterocycles. The van der Waals surface area contributed by atoms with Crippen molar-refractivity contribution >= 4 is 39.6 Å². The van der Waals surface area contributed by atoms with Gasteiger partial charge in [0.2, 0.25) is 0 Å². The molecule has 0 fully saturated rings. The van der Waals surface area contributed by atoms with E-state index in [1.165, 1.54) is 12.3 Å². The summed E-state index contributed by atoms with van der Waals surface area (Å²) in [6.45, 7) is 0.402. The molecule has 4 nitrogen and oxygen atoms in total. The van der Waals surface area contributed by atoms with Gasteiger partial charge in [-0.1, -0.05) is 17.7 Å². The number of halogens is 2. The van der Waals surface area contributed by atoms with Crippen LogP contribution in [0, 0.1) is 11.7 Å². The van der Waals surface area contributed by atoms with Gasteiger partial charge in [-0.05, 0) is 59.4 Å². The van der Waals surface area contributed by atoms with E-state index in [-0.39, 0.29) is 5.82 Å². The third-order valence-corrected chi connectivity index (χ3v) is 6.61. The summed E-state index contributed by atoms with van der Waals surface area (Å²) in [5, 5.41) is 10.9. The Balaban J connectivity index is 1.81. The second kappa shape index (κ2) is 7.43. The Morgan fingerprint density at radius 1 is 1.36 bits per heavy atom. The lowest BCUT2D eigenvalue weighted by atomic mass is 9.94. The lowest BCUT2D eigenvalue weighted by molar-refractivity contribution is -0.142. The maximum Gasteiger partial charge on any atom is 0.308 e. The van der Waals surface area contributed by atoms with Crippen molar-refractivity contribution in [2.24, 2.45) is 5.92 Å². The number of benzene rings is 2. The Hall–Kier alpha value is -2.02. The number of aliphatic carboxylic acids is 1. The molecule has 0 radical (unpaired) electrons. The highest BCUT2D eigenvalue weighted by atomic mass is 35.5. The number of hydrogen-bond donors (Lipinski definition) is 1. The Kier molecular flexibility index (Phi) is 5.12. The van der Waals surface area contributed by atoms with Crippen molar-refractivity contribution in [1.29, 1.82) is 0 Å². The van der Waals surface area contributed by atoms with E-state index < -0.39 is 23.1 Å². The quantitative estimate of drug-likeness (QED) is 0.637. The van der Waals surface area contributed by atoms with Crippen molar-refractivity contribution in [3.8, 4) is 0 Å². The van der Waals surface area contributed by atoms with Gasteiger partial charge >= 0.3 is 5.97 Å². The van der Waals surface area contributed by atoms with Gasteiger partial charge in [0.05, 0.1) is 5.92 Å². The van der Waals surface area contributed by atoms with Gasteiger partial charge in [-0.15, -0.1) is 0 Å². The van der Waals surface area contributed by atoms with Crippen LogP contribution < -0.4 is 0 Å². The average Bonchev–Trinajstić information content (AvgIpc) is 2.95.